The zero-order valence-corrected chi connectivity index (χ0v) is 12.6. The Balaban J connectivity index is 2.15. The number of carbonyl (C=O) groups excluding carboxylic acids is 1. The van der Waals surface area contributed by atoms with Crippen molar-refractivity contribution in [1.82, 2.24) is 4.98 Å². The van der Waals surface area contributed by atoms with Gasteiger partial charge < -0.3 is 15.2 Å². The minimum Gasteiger partial charge on any atom is -0.465 e. The molecule has 2 rings (SSSR count). The van der Waals surface area contributed by atoms with Crippen LogP contribution in [0.2, 0.25) is 0 Å². The fourth-order valence-corrected chi connectivity index (χ4v) is 1.95. The van der Waals surface area contributed by atoms with E-state index in [0.717, 1.165) is 19.4 Å². The van der Waals surface area contributed by atoms with Crippen LogP contribution < -0.4 is 5.32 Å². The van der Waals surface area contributed by atoms with Gasteiger partial charge in [0.15, 0.2) is 0 Å². The van der Waals surface area contributed by atoms with Crippen molar-refractivity contribution in [3.8, 4) is 0 Å². The number of methoxy groups -OCH3 is 1. The van der Waals surface area contributed by atoms with Crippen molar-refractivity contribution in [3.05, 3.63) is 63.6 Å². The second-order valence-electron chi connectivity index (χ2n) is 4.79. The maximum atomic E-state index is 12.9. The number of aromatic nitrogens is 1. The third-order valence-corrected chi connectivity index (χ3v) is 3.20. The molecule has 126 valence electrons. The van der Waals surface area contributed by atoms with Crippen molar-refractivity contribution in [3.63, 3.8) is 0 Å². The molecule has 2 N–H and O–H groups in total. The van der Waals surface area contributed by atoms with E-state index in [1.54, 1.807) is 0 Å². The van der Waals surface area contributed by atoms with Crippen LogP contribution in [0.5, 0.6) is 0 Å². The van der Waals surface area contributed by atoms with Crippen LogP contribution in [0.4, 0.5) is 15.9 Å². The molecule has 0 aliphatic carbocycles. The number of nitro groups is 1. The highest BCUT2D eigenvalue weighted by Gasteiger charge is 2.20. The normalized spacial score (nSPS) is 11.6. The number of aliphatic hydroxyl groups is 1. The number of ether oxygens (including phenoxy) is 1. The van der Waals surface area contributed by atoms with Gasteiger partial charge in [0.25, 0.3) is 0 Å². The first-order valence-corrected chi connectivity index (χ1v) is 6.82. The molecule has 0 radical (unpaired) electrons. The predicted molar refractivity (Wildman–Crippen MR) is 82.1 cm³/mol. The number of esters is 1. The number of anilines is 1. The number of hydrogen-bond donors (Lipinski definition) is 2. The smallest absolute Gasteiger partial charge is 0.339 e. The number of nitrogens with one attached hydrogen (secondary N) is 1. The van der Waals surface area contributed by atoms with Crippen molar-refractivity contribution in [2.75, 3.05) is 19.0 Å². The number of aliphatic hydroxyl groups excluding tert-OH is 1. The quantitative estimate of drug-likeness (QED) is 0.472. The molecule has 0 saturated carbocycles. The number of rotatable bonds is 6. The summed E-state index contributed by atoms with van der Waals surface area (Å²) in [6.45, 7) is -0.0863. The Hall–Kier alpha value is -3.07. The molecule has 2 aromatic rings. The van der Waals surface area contributed by atoms with Crippen LogP contribution in [-0.2, 0) is 4.74 Å². The number of halogens is 1. The molecule has 1 heterocycles. The Morgan fingerprint density at radius 1 is 1.46 bits per heavy atom. The molecular formula is C15H14FN3O5. The molecule has 24 heavy (non-hydrogen) atoms. The highest BCUT2D eigenvalue weighted by molar-refractivity contribution is 5.90. The molecule has 0 aliphatic heterocycles. The average Bonchev–Trinajstić information content (AvgIpc) is 2.59. The first-order valence-electron chi connectivity index (χ1n) is 6.82. The van der Waals surface area contributed by atoms with E-state index >= 15 is 0 Å². The maximum Gasteiger partial charge on any atom is 0.339 e. The van der Waals surface area contributed by atoms with E-state index in [-0.39, 0.29) is 17.9 Å². The van der Waals surface area contributed by atoms with Crippen LogP contribution in [0.15, 0.2) is 36.5 Å². The molecule has 1 atom stereocenters. The Morgan fingerprint density at radius 2 is 2.12 bits per heavy atom. The van der Waals surface area contributed by atoms with Gasteiger partial charge >= 0.3 is 11.7 Å². The van der Waals surface area contributed by atoms with E-state index in [0.29, 0.717) is 5.56 Å². The van der Waals surface area contributed by atoms with Crippen molar-refractivity contribution in [2.24, 2.45) is 0 Å². The van der Waals surface area contributed by atoms with Gasteiger partial charge in [-0.3, -0.25) is 10.1 Å². The van der Waals surface area contributed by atoms with Crippen LogP contribution >= 0.6 is 0 Å². The molecule has 9 heteroatoms. The second kappa shape index (κ2) is 7.47. The van der Waals surface area contributed by atoms with Gasteiger partial charge in [-0.05, 0) is 17.7 Å². The summed E-state index contributed by atoms with van der Waals surface area (Å²) in [6.07, 6.45) is 0.109. The monoisotopic (exact) mass is 335 g/mol. The van der Waals surface area contributed by atoms with Gasteiger partial charge in [-0.25, -0.2) is 14.2 Å². The van der Waals surface area contributed by atoms with Crippen LogP contribution in [0.25, 0.3) is 0 Å². The van der Waals surface area contributed by atoms with Gasteiger partial charge in [0.1, 0.15) is 5.82 Å². The van der Waals surface area contributed by atoms with Crippen molar-refractivity contribution in [1.29, 1.82) is 0 Å². The molecule has 8 nitrogen and oxygen atoms in total. The maximum absolute atomic E-state index is 12.9. The van der Waals surface area contributed by atoms with Crippen molar-refractivity contribution < 1.29 is 24.0 Å². The lowest BCUT2D eigenvalue weighted by atomic mass is 10.1. The molecule has 1 aromatic carbocycles. The summed E-state index contributed by atoms with van der Waals surface area (Å²) < 4.78 is 17.3. The highest BCUT2D eigenvalue weighted by atomic mass is 19.1. The van der Waals surface area contributed by atoms with E-state index in [2.05, 4.69) is 15.0 Å². The summed E-state index contributed by atoms with van der Waals surface area (Å²) in [5.74, 6) is -1.29. The largest absolute Gasteiger partial charge is 0.465 e. The van der Waals surface area contributed by atoms with Gasteiger partial charge in [-0.15, -0.1) is 0 Å². The van der Waals surface area contributed by atoms with Crippen LogP contribution in [-0.4, -0.2) is 34.6 Å². The first kappa shape index (κ1) is 17.3. The number of nitrogens with zero attached hydrogens (tertiary/aromatic N) is 2. The minimum atomic E-state index is -1.02. The molecule has 0 spiro atoms. The number of benzene rings is 1. The zero-order valence-electron chi connectivity index (χ0n) is 12.6. The summed E-state index contributed by atoms with van der Waals surface area (Å²) in [6, 6.07) is 6.24. The van der Waals surface area contributed by atoms with E-state index in [1.807, 2.05) is 0 Å². The molecule has 0 bridgehead atoms. The first-order chi connectivity index (χ1) is 11.4. The van der Waals surface area contributed by atoms with E-state index in [1.165, 1.54) is 24.3 Å². The second-order valence-corrected chi connectivity index (χ2v) is 4.79. The third kappa shape index (κ3) is 4.02. The van der Waals surface area contributed by atoms with Crippen LogP contribution in [0, 0.1) is 15.9 Å². The summed E-state index contributed by atoms with van der Waals surface area (Å²) >= 11 is 0. The topological polar surface area (TPSA) is 115 Å². The van der Waals surface area contributed by atoms with Gasteiger partial charge in [-0.1, -0.05) is 12.1 Å². The highest BCUT2D eigenvalue weighted by Crippen LogP contribution is 2.24. The van der Waals surface area contributed by atoms with Gasteiger partial charge in [-0.2, -0.15) is 0 Å². The standard InChI is InChI=1S/C15H14FN3O5/c1-24-15(21)10-6-12(19(22)23)14(17-7-10)18-8-13(20)9-2-4-11(16)5-3-9/h2-7,13,20H,8H2,1H3,(H,17,18). The molecular weight excluding hydrogens is 321 g/mol. The van der Waals surface area contributed by atoms with Gasteiger partial charge in [0, 0.05) is 18.8 Å². The summed E-state index contributed by atoms with van der Waals surface area (Å²) in [5.41, 5.74) is -0.0456. The summed E-state index contributed by atoms with van der Waals surface area (Å²) in [7, 11) is 1.15. The molecule has 1 aromatic heterocycles. The lowest BCUT2D eigenvalue weighted by molar-refractivity contribution is -0.384. The van der Waals surface area contributed by atoms with E-state index in [9.17, 15) is 24.4 Å². The summed E-state index contributed by atoms with van der Waals surface area (Å²) in [5, 5.41) is 23.8. The minimum absolute atomic E-state index is 0.0613. The predicted octanol–water partition coefficient (Wildman–Crippen LogP) is 2.06. The molecule has 0 amide bonds. The fourth-order valence-electron chi connectivity index (χ4n) is 1.95. The lowest BCUT2D eigenvalue weighted by Crippen LogP contribution is -2.14. The van der Waals surface area contributed by atoms with Crippen LogP contribution in [0.3, 0.4) is 0 Å². The van der Waals surface area contributed by atoms with Gasteiger partial charge in [0.05, 0.1) is 23.7 Å². The molecule has 0 aliphatic rings. The number of carbonyl (C=O) groups is 1. The Kier molecular flexibility index (Phi) is 5.38. The Bertz CT molecular complexity index is 751. The van der Waals surface area contributed by atoms with Crippen LogP contribution in [0.1, 0.15) is 22.0 Å². The zero-order chi connectivity index (χ0) is 17.7. The fraction of sp³-hybridized carbons (Fsp3) is 0.200. The Labute approximate surface area is 136 Å². The summed E-state index contributed by atoms with van der Waals surface area (Å²) in [4.78, 5) is 25.6. The Morgan fingerprint density at radius 3 is 2.71 bits per heavy atom. The van der Waals surface area contributed by atoms with Crippen molar-refractivity contribution >= 4 is 17.5 Å². The number of hydrogen-bond acceptors (Lipinski definition) is 7. The molecule has 0 saturated heterocycles. The van der Waals surface area contributed by atoms with E-state index in [4.69, 9.17) is 0 Å². The molecule has 1 unspecified atom stereocenters. The third-order valence-electron chi connectivity index (χ3n) is 3.20. The lowest BCUT2D eigenvalue weighted by Gasteiger charge is -2.13. The SMILES string of the molecule is COC(=O)c1cnc(NCC(O)c2ccc(F)cc2)c([N+](=O)[O-])c1. The van der Waals surface area contributed by atoms with Crippen molar-refractivity contribution in [2.45, 2.75) is 6.10 Å². The van der Waals surface area contributed by atoms with E-state index < -0.39 is 28.5 Å². The van der Waals surface area contributed by atoms with Gasteiger partial charge in [0.2, 0.25) is 5.82 Å². The average molecular weight is 335 g/mol. The molecule has 0 fully saturated rings. The number of pyridine rings is 1.